The molecule has 0 saturated heterocycles. The molecule has 0 heterocycles. The summed E-state index contributed by atoms with van der Waals surface area (Å²) in [6, 6.07) is 5.70. The third-order valence-electron chi connectivity index (χ3n) is 2.01. The van der Waals surface area contributed by atoms with Crippen LogP contribution in [0, 0.1) is 0 Å². The topological polar surface area (TPSA) is 46.5 Å². The van der Waals surface area contributed by atoms with Crippen molar-refractivity contribution in [1.82, 2.24) is 0 Å². The van der Waals surface area contributed by atoms with Crippen LogP contribution >= 0.6 is 0 Å². The summed E-state index contributed by atoms with van der Waals surface area (Å²) >= 11 is 0. The molecule has 0 unspecified atom stereocenters. The fraction of sp³-hybridized carbons (Fsp3) is 0.250. The Kier molecular flexibility index (Phi) is 4.36. The Morgan fingerprint density at radius 1 is 1.33 bits per heavy atom. The van der Waals surface area contributed by atoms with Gasteiger partial charge in [-0.15, -0.1) is 0 Å². The number of hydrogen-bond donors (Lipinski definition) is 1. The molecule has 0 saturated carbocycles. The van der Waals surface area contributed by atoms with Gasteiger partial charge in [0.1, 0.15) is 11.5 Å². The highest BCUT2D eigenvalue weighted by atomic mass is 19.4. The second-order valence-electron chi connectivity index (χ2n) is 3.35. The van der Waals surface area contributed by atoms with Crippen LogP contribution in [-0.2, 0) is 4.79 Å². The van der Waals surface area contributed by atoms with Crippen molar-refractivity contribution in [3.63, 3.8) is 0 Å². The molecule has 0 bridgehead atoms. The molecule has 0 aliphatic carbocycles. The number of ether oxygens (including phenoxy) is 1. The molecule has 6 heteroatoms. The van der Waals surface area contributed by atoms with Gasteiger partial charge in [0.2, 0.25) is 0 Å². The first-order valence-electron chi connectivity index (χ1n) is 5.09. The second-order valence-corrected chi connectivity index (χ2v) is 3.35. The van der Waals surface area contributed by atoms with Crippen molar-refractivity contribution in [2.45, 2.75) is 13.1 Å². The number of alkyl halides is 3. The number of allylic oxidation sites excluding steroid dienone is 1. The van der Waals surface area contributed by atoms with Crippen molar-refractivity contribution in [2.24, 2.45) is 0 Å². The van der Waals surface area contributed by atoms with Crippen LogP contribution in [0.5, 0.6) is 5.75 Å². The number of carbonyl (C=O) groups excluding carboxylic acids is 1. The molecule has 1 rings (SSSR count). The lowest BCUT2D eigenvalue weighted by atomic mass is 10.1. The van der Waals surface area contributed by atoms with Crippen molar-refractivity contribution in [3.8, 4) is 5.75 Å². The monoisotopic (exact) mass is 260 g/mol. The van der Waals surface area contributed by atoms with E-state index in [2.05, 4.69) is 0 Å². The van der Waals surface area contributed by atoms with Crippen molar-refractivity contribution in [2.75, 3.05) is 6.61 Å². The van der Waals surface area contributed by atoms with E-state index in [-0.39, 0.29) is 11.6 Å². The largest absolute Gasteiger partial charge is 0.507 e. The summed E-state index contributed by atoms with van der Waals surface area (Å²) in [5.41, 5.74) is 0.107. The minimum Gasteiger partial charge on any atom is -0.507 e. The number of aliphatic hydroxyl groups is 1. The van der Waals surface area contributed by atoms with Crippen LogP contribution in [0.3, 0.4) is 0 Å². The summed E-state index contributed by atoms with van der Waals surface area (Å²) in [6.45, 7) is 2.24. The van der Waals surface area contributed by atoms with Crippen LogP contribution in [0.4, 0.5) is 13.2 Å². The SMILES string of the molecule is CCOc1ccc(C(O)=CC(=O)C(F)(F)F)cc1. The normalized spacial score (nSPS) is 12.3. The molecule has 0 atom stereocenters. The average molecular weight is 260 g/mol. The van der Waals surface area contributed by atoms with Crippen molar-refractivity contribution >= 4 is 11.5 Å². The Bertz CT molecular complexity index is 447. The molecule has 0 amide bonds. The van der Waals surface area contributed by atoms with Gasteiger partial charge in [-0.05, 0) is 31.2 Å². The van der Waals surface area contributed by atoms with Gasteiger partial charge >= 0.3 is 6.18 Å². The molecule has 1 aromatic rings. The standard InChI is InChI=1S/C12H11F3O3/c1-2-18-9-5-3-8(4-6-9)10(16)7-11(17)12(13,14)15/h3-7,16H,2H2,1H3. The number of rotatable bonds is 4. The lowest BCUT2D eigenvalue weighted by Crippen LogP contribution is -2.20. The molecule has 0 spiro atoms. The smallest absolute Gasteiger partial charge is 0.454 e. The van der Waals surface area contributed by atoms with Crippen LogP contribution in [0.25, 0.3) is 5.76 Å². The molecule has 0 aliphatic heterocycles. The summed E-state index contributed by atoms with van der Waals surface area (Å²) in [4.78, 5) is 10.6. The van der Waals surface area contributed by atoms with Crippen molar-refractivity contribution in [3.05, 3.63) is 35.9 Å². The van der Waals surface area contributed by atoms with E-state index < -0.39 is 17.7 Å². The fourth-order valence-corrected chi connectivity index (χ4v) is 1.18. The molecule has 3 nitrogen and oxygen atoms in total. The molecular weight excluding hydrogens is 249 g/mol. The number of carbonyl (C=O) groups is 1. The van der Waals surface area contributed by atoms with E-state index in [0.29, 0.717) is 12.4 Å². The summed E-state index contributed by atoms with van der Waals surface area (Å²) in [5, 5.41) is 9.37. The van der Waals surface area contributed by atoms with E-state index in [9.17, 15) is 23.1 Å². The Balaban J connectivity index is 2.87. The molecule has 0 aliphatic rings. The lowest BCUT2D eigenvalue weighted by Gasteiger charge is -2.05. The number of aliphatic hydroxyl groups excluding tert-OH is 1. The van der Waals surface area contributed by atoms with Gasteiger partial charge in [-0.25, -0.2) is 0 Å². The predicted octanol–water partition coefficient (Wildman–Crippen LogP) is 3.12. The Morgan fingerprint density at radius 2 is 1.89 bits per heavy atom. The molecular formula is C12H11F3O3. The van der Waals surface area contributed by atoms with Gasteiger partial charge in [-0.2, -0.15) is 13.2 Å². The van der Waals surface area contributed by atoms with Crippen LogP contribution in [0.2, 0.25) is 0 Å². The van der Waals surface area contributed by atoms with Gasteiger partial charge in [0.25, 0.3) is 5.78 Å². The maximum Gasteiger partial charge on any atom is 0.454 e. The first-order chi connectivity index (χ1) is 8.34. The molecule has 98 valence electrons. The minimum absolute atomic E-state index is 0.107. The quantitative estimate of drug-likeness (QED) is 0.668. The molecule has 18 heavy (non-hydrogen) atoms. The van der Waals surface area contributed by atoms with E-state index in [0.717, 1.165) is 0 Å². The Labute approximate surface area is 101 Å². The summed E-state index contributed by atoms with van der Waals surface area (Å²) in [7, 11) is 0. The van der Waals surface area contributed by atoms with Gasteiger partial charge in [-0.1, -0.05) is 0 Å². The zero-order chi connectivity index (χ0) is 13.8. The minimum atomic E-state index is -4.99. The third kappa shape index (κ3) is 3.80. The molecule has 1 aromatic carbocycles. The van der Waals surface area contributed by atoms with Crippen molar-refractivity contribution in [1.29, 1.82) is 0 Å². The molecule has 0 fully saturated rings. The average Bonchev–Trinajstić information content (AvgIpc) is 2.29. The zero-order valence-electron chi connectivity index (χ0n) is 9.49. The lowest BCUT2D eigenvalue weighted by molar-refractivity contribution is -0.165. The zero-order valence-corrected chi connectivity index (χ0v) is 9.49. The van der Waals surface area contributed by atoms with Crippen LogP contribution < -0.4 is 4.74 Å². The predicted molar refractivity (Wildman–Crippen MR) is 59.3 cm³/mol. The molecule has 0 radical (unpaired) electrons. The van der Waals surface area contributed by atoms with E-state index in [1.54, 1.807) is 6.92 Å². The van der Waals surface area contributed by atoms with Gasteiger partial charge in [0.05, 0.1) is 6.61 Å². The highest BCUT2D eigenvalue weighted by Gasteiger charge is 2.36. The highest BCUT2D eigenvalue weighted by molar-refractivity contribution is 5.99. The van der Waals surface area contributed by atoms with Gasteiger partial charge < -0.3 is 9.84 Å². The van der Waals surface area contributed by atoms with Gasteiger partial charge in [0.15, 0.2) is 0 Å². The van der Waals surface area contributed by atoms with Crippen LogP contribution in [-0.4, -0.2) is 23.7 Å². The number of halogens is 3. The number of hydrogen-bond acceptors (Lipinski definition) is 3. The highest BCUT2D eigenvalue weighted by Crippen LogP contribution is 2.21. The first kappa shape index (κ1) is 14.1. The maximum atomic E-state index is 12.0. The van der Waals surface area contributed by atoms with Crippen LogP contribution in [0.1, 0.15) is 12.5 Å². The second kappa shape index (κ2) is 5.57. The molecule has 1 N–H and O–H groups in total. The Hall–Kier alpha value is -1.98. The van der Waals surface area contributed by atoms with Crippen molar-refractivity contribution < 1.29 is 27.8 Å². The summed E-state index contributed by atoms with van der Waals surface area (Å²) < 4.78 is 41.0. The maximum absolute atomic E-state index is 12.0. The molecule has 0 aromatic heterocycles. The van der Waals surface area contributed by atoms with E-state index in [4.69, 9.17) is 4.74 Å². The van der Waals surface area contributed by atoms with Gasteiger partial charge in [-0.3, -0.25) is 4.79 Å². The van der Waals surface area contributed by atoms with Gasteiger partial charge in [0, 0.05) is 11.6 Å². The van der Waals surface area contributed by atoms with E-state index >= 15 is 0 Å². The third-order valence-corrected chi connectivity index (χ3v) is 2.01. The van der Waals surface area contributed by atoms with Crippen LogP contribution in [0.15, 0.2) is 30.3 Å². The summed E-state index contributed by atoms with van der Waals surface area (Å²) in [6.07, 6.45) is -4.84. The number of ketones is 1. The fourth-order valence-electron chi connectivity index (χ4n) is 1.18. The summed E-state index contributed by atoms with van der Waals surface area (Å²) in [5.74, 6) is -2.31. The van der Waals surface area contributed by atoms with E-state index in [1.165, 1.54) is 24.3 Å². The Morgan fingerprint density at radius 3 is 2.33 bits per heavy atom. The first-order valence-corrected chi connectivity index (χ1v) is 5.09. The number of benzene rings is 1. The van der Waals surface area contributed by atoms with E-state index in [1.807, 2.05) is 0 Å².